The van der Waals surface area contributed by atoms with E-state index >= 15 is 0 Å². The third kappa shape index (κ3) is 7.03. The van der Waals surface area contributed by atoms with Crippen LogP contribution in [0.15, 0.2) is 41.2 Å². The smallest absolute Gasteiger partial charge is 0.306 e. The summed E-state index contributed by atoms with van der Waals surface area (Å²) >= 11 is 0. The predicted molar refractivity (Wildman–Crippen MR) is 165 cm³/mol. The molecule has 41 heavy (non-hydrogen) atoms. The number of rotatable bonds is 9. The summed E-state index contributed by atoms with van der Waals surface area (Å²) in [5.74, 6) is 0.515. The molecule has 2 aromatic heterocycles. The lowest BCUT2D eigenvalue weighted by atomic mass is 10.2. The molecule has 0 saturated carbocycles. The van der Waals surface area contributed by atoms with Gasteiger partial charge in [-0.1, -0.05) is 18.2 Å². The number of benzene rings is 2. The van der Waals surface area contributed by atoms with Crippen LogP contribution in [0.4, 0.5) is 5.69 Å². The molecule has 0 amide bonds. The van der Waals surface area contributed by atoms with E-state index in [1.807, 2.05) is 47.0 Å². The van der Waals surface area contributed by atoms with Crippen molar-refractivity contribution in [2.75, 3.05) is 38.6 Å². The first kappa shape index (κ1) is 28.5. The molecule has 9 nitrogen and oxygen atoms in total. The fourth-order valence-corrected chi connectivity index (χ4v) is 5.21. The lowest BCUT2D eigenvalue weighted by Crippen LogP contribution is -2.25. The van der Waals surface area contributed by atoms with Crippen LogP contribution in [0.25, 0.3) is 34.2 Å². The second kappa shape index (κ2) is 11.9. The fourth-order valence-electron chi connectivity index (χ4n) is 5.21. The Bertz CT molecular complexity index is 1620. The van der Waals surface area contributed by atoms with Crippen LogP contribution in [0, 0.1) is 0 Å². The Kier molecular flexibility index (Phi) is 8.26. The fraction of sp³-hybridized carbons (Fsp3) is 0.438. The van der Waals surface area contributed by atoms with Crippen molar-refractivity contribution in [3.8, 4) is 0 Å². The maximum absolute atomic E-state index is 12.8. The van der Waals surface area contributed by atoms with E-state index in [9.17, 15) is 9.59 Å². The third-order valence-electron chi connectivity index (χ3n) is 7.32. The zero-order valence-corrected chi connectivity index (χ0v) is 24.7. The molecule has 1 aliphatic heterocycles. The predicted octanol–water partition coefficient (Wildman–Crippen LogP) is 4.88. The highest BCUT2D eigenvalue weighted by molar-refractivity contribution is 5.92. The molecule has 3 heterocycles. The largest absolute Gasteiger partial charge is 0.460 e. The highest BCUT2D eigenvalue weighted by Gasteiger charge is 2.18. The van der Waals surface area contributed by atoms with Crippen molar-refractivity contribution in [2.24, 2.45) is 0 Å². The Morgan fingerprint density at radius 1 is 1.02 bits per heavy atom. The second-order valence-corrected chi connectivity index (χ2v) is 11.9. The number of imidazole rings is 1. The normalized spacial score (nSPS) is 14.5. The van der Waals surface area contributed by atoms with E-state index < -0.39 is 5.60 Å². The van der Waals surface area contributed by atoms with Crippen LogP contribution in [0.3, 0.4) is 0 Å². The van der Waals surface area contributed by atoms with Crippen molar-refractivity contribution >= 4 is 45.9 Å². The minimum absolute atomic E-state index is 0.0966. The first-order chi connectivity index (χ1) is 19.6. The zero-order valence-electron chi connectivity index (χ0n) is 24.7. The molecule has 2 aromatic carbocycles. The van der Waals surface area contributed by atoms with Crippen LogP contribution in [0.2, 0.25) is 0 Å². The number of aromatic nitrogens is 4. The van der Waals surface area contributed by atoms with Crippen LogP contribution >= 0.6 is 0 Å². The molecule has 0 aliphatic carbocycles. The molecule has 5 rings (SSSR count). The van der Waals surface area contributed by atoms with Gasteiger partial charge in [0, 0.05) is 39.3 Å². The van der Waals surface area contributed by atoms with Gasteiger partial charge in [0.15, 0.2) is 0 Å². The van der Waals surface area contributed by atoms with Crippen molar-refractivity contribution in [3.05, 3.63) is 63.8 Å². The number of hydrogen-bond acceptors (Lipinski definition) is 7. The lowest BCUT2D eigenvalue weighted by molar-refractivity contribution is -0.154. The maximum Gasteiger partial charge on any atom is 0.306 e. The third-order valence-corrected chi connectivity index (χ3v) is 7.32. The summed E-state index contributed by atoms with van der Waals surface area (Å²) in [6.45, 7) is 9.49. The number of nitrogens with one attached hydrogen (secondary N) is 1. The quantitative estimate of drug-likeness (QED) is 0.294. The number of nitrogens with zero attached hydrogens (tertiary/aromatic N) is 5. The molecule has 4 aromatic rings. The first-order valence-electron chi connectivity index (χ1n) is 14.4. The Morgan fingerprint density at radius 3 is 2.44 bits per heavy atom. The molecule has 216 valence electrons. The molecule has 0 atom stereocenters. The van der Waals surface area contributed by atoms with Crippen molar-refractivity contribution in [1.29, 1.82) is 0 Å². The summed E-state index contributed by atoms with van der Waals surface area (Å²) in [5, 5.41) is 0. The Morgan fingerprint density at radius 2 is 1.76 bits per heavy atom. The van der Waals surface area contributed by atoms with E-state index in [0.29, 0.717) is 16.7 Å². The molecule has 1 fully saturated rings. The minimum Gasteiger partial charge on any atom is -0.460 e. The van der Waals surface area contributed by atoms with Crippen LogP contribution in [-0.2, 0) is 22.5 Å². The van der Waals surface area contributed by atoms with E-state index in [1.54, 1.807) is 0 Å². The number of aryl methyl sites for hydroxylation is 1. The summed E-state index contributed by atoms with van der Waals surface area (Å²) in [6, 6.07) is 12.3. The van der Waals surface area contributed by atoms with Gasteiger partial charge in [0.25, 0.3) is 5.56 Å². The number of anilines is 1. The molecule has 9 heteroatoms. The summed E-state index contributed by atoms with van der Waals surface area (Å²) in [6.07, 6.45) is 6.94. The van der Waals surface area contributed by atoms with Crippen LogP contribution in [0.5, 0.6) is 0 Å². The van der Waals surface area contributed by atoms with Crippen LogP contribution < -0.4 is 10.5 Å². The standard InChI is InChI=1S/C32H40N6O3/c1-32(2,3)41-30(39)15-13-24-31(40)35-25-20-27-28(21-26(25)33-24)38(19-18-37-16-6-7-17-37)29(34-27)14-10-22-8-11-23(12-9-22)36(4)5/h8-12,14,20-21H,6-7,13,15-19H2,1-5H3,(H,35,40)/b14-10+. The molecule has 1 aliphatic rings. The van der Waals surface area contributed by atoms with E-state index in [-0.39, 0.29) is 24.4 Å². The number of esters is 1. The van der Waals surface area contributed by atoms with Gasteiger partial charge >= 0.3 is 5.97 Å². The van der Waals surface area contributed by atoms with Crippen molar-refractivity contribution in [3.63, 3.8) is 0 Å². The number of carbonyl (C=O) groups excluding carboxylic acids is 1. The van der Waals surface area contributed by atoms with E-state index in [1.165, 1.54) is 12.8 Å². The number of ether oxygens (including phenoxy) is 1. The first-order valence-corrected chi connectivity index (χ1v) is 14.4. The van der Waals surface area contributed by atoms with Gasteiger partial charge in [-0.3, -0.25) is 9.59 Å². The van der Waals surface area contributed by atoms with E-state index in [0.717, 1.165) is 54.3 Å². The van der Waals surface area contributed by atoms with Gasteiger partial charge in [0.05, 0.1) is 28.5 Å². The van der Waals surface area contributed by atoms with Crippen molar-refractivity contribution in [2.45, 2.75) is 58.6 Å². The summed E-state index contributed by atoms with van der Waals surface area (Å²) in [4.78, 5) is 42.2. The molecule has 1 saturated heterocycles. The van der Waals surface area contributed by atoms with E-state index in [4.69, 9.17) is 9.72 Å². The minimum atomic E-state index is -0.568. The Hall–Kier alpha value is -3.98. The number of fused-ring (bicyclic) bond motifs is 2. The van der Waals surface area contributed by atoms with Gasteiger partial charge in [-0.2, -0.15) is 0 Å². The van der Waals surface area contributed by atoms with Gasteiger partial charge < -0.3 is 24.1 Å². The van der Waals surface area contributed by atoms with Crippen LogP contribution in [0.1, 0.15) is 57.1 Å². The number of carbonyl (C=O) groups is 1. The van der Waals surface area contributed by atoms with Gasteiger partial charge in [0.1, 0.15) is 17.1 Å². The average molecular weight is 557 g/mol. The zero-order chi connectivity index (χ0) is 29.1. The molecule has 0 radical (unpaired) electrons. The molecular weight excluding hydrogens is 516 g/mol. The topological polar surface area (TPSA) is 96.4 Å². The molecule has 1 N–H and O–H groups in total. The number of aromatic amines is 1. The SMILES string of the molecule is CN(C)c1ccc(/C=C/c2nc3cc4[nH]c(=O)c(CCC(=O)OC(C)(C)C)nc4cc3n2CCN2CCCC2)cc1. The highest BCUT2D eigenvalue weighted by Crippen LogP contribution is 2.24. The summed E-state index contributed by atoms with van der Waals surface area (Å²) < 4.78 is 7.64. The van der Waals surface area contributed by atoms with Crippen LogP contribution in [-0.4, -0.2) is 69.7 Å². The molecular formula is C32H40N6O3. The van der Waals surface area contributed by atoms with Crippen molar-refractivity contribution < 1.29 is 9.53 Å². The Labute approximate surface area is 240 Å². The van der Waals surface area contributed by atoms with Gasteiger partial charge in [-0.15, -0.1) is 0 Å². The van der Waals surface area contributed by atoms with Gasteiger partial charge in [-0.05, 0) is 82.6 Å². The number of likely N-dealkylation sites (tertiary alicyclic amines) is 1. The van der Waals surface area contributed by atoms with E-state index in [2.05, 4.69) is 60.8 Å². The summed E-state index contributed by atoms with van der Waals surface area (Å²) in [7, 11) is 4.06. The lowest BCUT2D eigenvalue weighted by Gasteiger charge is -2.19. The Balaban J connectivity index is 1.47. The second-order valence-electron chi connectivity index (χ2n) is 11.9. The number of hydrogen-bond donors (Lipinski definition) is 1. The number of H-pyrrole nitrogens is 1. The monoisotopic (exact) mass is 556 g/mol. The molecule has 0 unspecified atom stereocenters. The highest BCUT2D eigenvalue weighted by atomic mass is 16.6. The van der Waals surface area contributed by atoms with Gasteiger partial charge in [0.2, 0.25) is 0 Å². The molecule has 0 bridgehead atoms. The average Bonchev–Trinajstić information content (AvgIpc) is 3.55. The van der Waals surface area contributed by atoms with Crippen molar-refractivity contribution in [1.82, 2.24) is 24.4 Å². The van der Waals surface area contributed by atoms with Gasteiger partial charge in [-0.25, -0.2) is 9.97 Å². The maximum atomic E-state index is 12.8. The molecule has 0 spiro atoms. The summed E-state index contributed by atoms with van der Waals surface area (Å²) in [5.41, 5.74) is 4.79.